The largest absolute Gasteiger partial charge is 0.348 e. The van der Waals surface area contributed by atoms with Gasteiger partial charge in [-0.15, -0.1) is 0 Å². The predicted octanol–water partition coefficient (Wildman–Crippen LogP) is 3.80. The number of hydrogen-bond acceptors (Lipinski definition) is 3. The van der Waals surface area contributed by atoms with Crippen molar-refractivity contribution in [1.82, 2.24) is 10.3 Å². The molecule has 3 rings (SSSR count). The lowest BCUT2D eigenvalue weighted by Gasteiger charge is -2.11. The van der Waals surface area contributed by atoms with Gasteiger partial charge < -0.3 is 10.6 Å². The molecular weight excluding hydrogens is 357 g/mol. The van der Waals surface area contributed by atoms with Gasteiger partial charge in [-0.05, 0) is 47.5 Å². The number of nitrogens with one attached hydrogen (secondary N) is 2. The summed E-state index contributed by atoms with van der Waals surface area (Å²) < 4.78 is 13.2. The summed E-state index contributed by atoms with van der Waals surface area (Å²) in [5.74, 6) is -0.962. The van der Waals surface area contributed by atoms with Gasteiger partial charge in [-0.1, -0.05) is 30.3 Å². The zero-order valence-electron chi connectivity index (χ0n) is 14.9. The molecule has 0 unspecified atom stereocenters. The van der Waals surface area contributed by atoms with E-state index in [1.165, 1.54) is 30.5 Å². The van der Waals surface area contributed by atoms with Gasteiger partial charge in [0.25, 0.3) is 5.91 Å². The highest BCUT2D eigenvalue weighted by molar-refractivity contribution is 6.04. The van der Waals surface area contributed by atoms with Crippen LogP contribution in [0.1, 0.15) is 21.5 Å². The number of anilines is 1. The third-order valence-electron chi connectivity index (χ3n) is 3.92. The number of hydrogen-bond donors (Lipinski definition) is 2. The first-order valence-electron chi connectivity index (χ1n) is 8.62. The fraction of sp³-hybridized carbons (Fsp3) is 0.0455. The van der Waals surface area contributed by atoms with Gasteiger partial charge in [-0.25, -0.2) is 4.39 Å². The second-order valence-electron chi connectivity index (χ2n) is 5.96. The van der Waals surface area contributed by atoms with Crippen LogP contribution in [0.5, 0.6) is 0 Å². The van der Waals surface area contributed by atoms with E-state index >= 15 is 0 Å². The predicted molar refractivity (Wildman–Crippen MR) is 106 cm³/mol. The Morgan fingerprint density at radius 3 is 2.68 bits per heavy atom. The lowest BCUT2D eigenvalue weighted by Crippen LogP contribution is -2.22. The van der Waals surface area contributed by atoms with E-state index in [4.69, 9.17) is 0 Å². The van der Waals surface area contributed by atoms with Crippen LogP contribution in [0.15, 0.2) is 79.1 Å². The third-order valence-corrected chi connectivity index (χ3v) is 3.92. The Hall–Kier alpha value is -3.80. The molecule has 1 aromatic heterocycles. The van der Waals surface area contributed by atoms with E-state index in [1.54, 1.807) is 42.6 Å². The van der Waals surface area contributed by atoms with Crippen LogP contribution in [0.4, 0.5) is 10.1 Å². The van der Waals surface area contributed by atoms with E-state index in [0.717, 1.165) is 5.56 Å². The minimum atomic E-state index is -0.360. The van der Waals surface area contributed by atoms with Gasteiger partial charge in [0.15, 0.2) is 0 Å². The Labute approximate surface area is 161 Å². The maximum Gasteiger partial charge on any atom is 0.257 e. The molecule has 5 nitrogen and oxygen atoms in total. The van der Waals surface area contributed by atoms with Crippen LogP contribution in [0.2, 0.25) is 0 Å². The number of amides is 2. The van der Waals surface area contributed by atoms with Crippen molar-refractivity contribution in [2.45, 2.75) is 6.54 Å². The maximum atomic E-state index is 13.2. The first kappa shape index (κ1) is 19.0. The van der Waals surface area contributed by atoms with Gasteiger partial charge in [0.1, 0.15) is 5.82 Å². The van der Waals surface area contributed by atoms with Crippen molar-refractivity contribution in [1.29, 1.82) is 0 Å². The van der Waals surface area contributed by atoms with E-state index in [1.807, 2.05) is 12.1 Å². The maximum absolute atomic E-state index is 13.2. The van der Waals surface area contributed by atoms with Crippen LogP contribution in [0.25, 0.3) is 6.08 Å². The van der Waals surface area contributed by atoms with Crippen molar-refractivity contribution in [3.8, 4) is 0 Å². The van der Waals surface area contributed by atoms with Crippen LogP contribution in [-0.2, 0) is 11.3 Å². The molecule has 2 aromatic carbocycles. The number of benzene rings is 2. The first-order valence-corrected chi connectivity index (χ1v) is 8.62. The van der Waals surface area contributed by atoms with Gasteiger partial charge in [0.05, 0.1) is 5.56 Å². The van der Waals surface area contributed by atoms with Gasteiger partial charge >= 0.3 is 0 Å². The number of para-hydroxylation sites is 1. The van der Waals surface area contributed by atoms with Crippen molar-refractivity contribution >= 4 is 23.6 Å². The SMILES string of the molecule is O=C(/C=C/c1cccc(F)c1)NCc1ccccc1NC(=O)c1cccnc1. The summed E-state index contributed by atoms with van der Waals surface area (Å²) in [5.41, 5.74) is 2.40. The van der Waals surface area contributed by atoms with Crippen LogP contribution >= 0.6 is 0 Å². The Balaban J connectivity index is 1.62. The lowest BCUT2D eigenvalue weighted by atomic mass is 10.1. The molecule has 1 heterocycles. The monoisotopic (exact) mass is 375 g/mol. The molecule has 0 spiro atoms. The van der Waals surface area contributed by atoms with Gasteiger partial charge in [-0.3, -0.25) is 14.6 Å². The molecule has 0 aliphatic carbocycles. The summed E-state index contributed by atoms with van der Waals surface area (Å²) >= 11 is 0. The summed E-state index contributed by atoms with van der Waals surface area (Å²) in [7, 11) is 0. The zero-order valence-corrected chi connectivity index (χ0v) is 14.9. The fourth-order valence-corrected chi connectivity index (χ4v) is 2.51. The summed E-state index contributed by atoms with van der Waals surface area (Å²) in [6, 6.07) is 16.5. The van der Waals surface area contributed by atoms with E-state index in [9.17, 15) is 14.0 Å². The van der Waals surface area contributed by atoms with E-state index < -0.39 is 0 Å². The fourth-order valence-electron chi connectivity index (χ4n) is 2.51. The van der Waals surface area contributed by atoms with Crippen molar-refractivity contribution in [3.05, 3.63) is 102 Å². The number of rotatable bonds is 6. The van der Waals surface area contributed by atoms with Crippen molar-refractivity contribution in [2.24, 2.45) is 0 Å². The number of halogens is 1. The highest BCUT2D eigenvalue weighted by atomic mass is 19.1. The molecule has 0 aliphatic heterocycles. The third kappa shape index (κ3) is 5.35. The molecule has 2 amide bonds. The van der Waals surface area contributed by atoms with Crippen LogP contribution in [0.3, 0.4) is 0 Å². The Morgan fingerprint density at radius 1 is 1.04 bits per heavy atom. The average molecular weight is 375 g/mol. The number of aromatic nitrogens is 1. The summed E-state index contributed by atoms with van der Waals surface area (Å²) in [6.07, 6.45) is 5.95. The molecule has 0 bridgehead atoms. The Morgan fingerprint density at radius 2 is 1.89 bits per heavy atom. The number of carbonyl (C=O) groups is 2. The minimum Gasteiger partial charge on any atom is -0.348 e. The highest BCUT2D eigenvalue weighted by Gasteiger charge is 2.09. The van der Waals surface area contributed by atoms with E-state index in [0.29, 0.717) is 16.8 Å². The van der Waals surface area contributed by atoms with Crippen LogP contribution in [0, 0.1) is 5.82 Å². The molecule has 140 valence electrons. The molecule has 0 fully saturated rings. The zero-order chi connectivity index (χ0) is 19.8. The molecule has 0 atom stereocenters. The topological polar surface area (TPSA) is 71.1 Å². The molecule has 28 heavy (non-hydrogen) atoms. The number of pyridine rings is 1. The van der Waals surface area contributed by atoms with E-state index in [2.05, 4.69) is 15.6 Å². The molecule has 2 N–H and O–H groups in total. The lowest BCUT2D eigenvalue weighted by molar-refractivity contribution is -0.116. The molecule has 3 aromatic rings. The summed E-state index contributed by atoms with van der Waals surface area (Å²) in [6.45, 7) is 0.232. The number of carbonyl (C=O) groups excluding carboxylic acids is 2. The standard InChI is InChI=1S/C22H18FN3O2/c23-19-8-3-5-16(13-19)10-11-21(27)25-15-17-6-1-2-9-20(17)26-22(28)18-7-4-12-24-14-18/h1-14H,15H2,(H,25,27)(H,26,28)/b11-10+. The van der Waals surface area contributed by atoms with Crippen molar-refractivity contribution in [2.75, 3.05) is 5.32 Å². The van der Waals surface area contributed by atoms with Crippen LogP contribution < -0.4 is 10.6 Å². The molecule has 0 saturated heterocycles. The molecular formula is C22H18FN3O2. The highest BCUT2D eigenvalue weighted by Crippen LogP contribution is 2.16. The molecule has 0 saturated carbocycles. The van der Waals surface area contributed by atoms with Crippen molar-refractivity contribution in [3.63, 3.8) is 0 Å². The Bertz CT molecular complexity index is 1000. The van der Waals surface area contributed by atoms with Gasteiger partial charge in [-0.2, -0.15) is 0 Å². The second kappa shape index (κ2) is 9.23. The summed E-state index contributed by atoms with van der Waals surface area (Å²) in [4.78, 5) is 28.3. The normalized spacial score (nSPS) is 10.6. The van der Waals surface area contributed by atoms with Crippen LogP contribution in [-0.4, -0.2) is 16.8 Å². The average Bonchev–Trinajstić information content (AvgIpc) is 2.72. The second-order valence-corrected chi connectivity index (χ2v) is 5.96. The minimum absolute atomic E-state index is 0.232. The quantitative estimate of drug-likeness (QED) is 0.644. The Kier molecular flexibility index (Phi) is 6.25. The van der Waals surface area contributed by atoms with Gasteiger partial charge in [0.2, 0.25) is 5.91 Å². The van der Waals surface area contributed by atoms with Crippen molar-refractivity contribution < 1.29 is 14.0 Å². The number of nitrogens with zero attached hydrogens (tertiary/aromatic N) is 1. The van der Waals surface area contributed by atoms with Gasteiger partial charge in [0, 0.05) is 30.7 Å². The smallest absolute Gasteiger partial charge is 0.257 e. The first-order chi connectivity index (χ1) is 13.6. The molecule has 6 heteroatoms. The molecule has 0 aliphatic rings. The molecule has 0 radical (unpaired) electrons. The van der Waals surface area contributed by atoms with E-state index in [-0.39, 0.29) is 24.2 Å². The summed E-state index contributed by atoms with van der Waals surface area (Å²) in [5, 5.41) is 5.58.